The van der Waals surface area contributed by atoms with E-state index in [2.05, 4.69) is 26.3 Å². The number of rotatable bonds is 7. The second kappa shape index (κ2) is 7.50. The number of hydrogen-bond donors (Lipinski definition) is 3. The average Bonchev–Trinajstić information content (AvgIpc) is 2.35. The molecule has 1 heterocycles. The van der Waals surface area contributed by atoms with Crippen LogP contribution in [-0.2, 0) is 6.54 Å². The molecule has 1 atom stereocenters. The largest absolute Gasteiger partial charge is 0.396 e. The summed E-state index contributed by atoms with van der Waals surface area (Å²) >= 11 is 3.22. The third kappa shape index (κ3) is 4.08. The Labute approximate surface area is 114 Å². The highest BCUT2D eigenvalue weighted by Gasteiger charge is 2.09. The molecule has 102 valence electrons. The molecule has 1 aromatic rings. The molecule has 0 aliphatic heterocycles. The molecule has 3 N–H and O–H groups in total. The lowest BCUT2D eigenvalue weighted by molar-refractivity contribution is 0.265. The van der Waals surface area contributed by atoms with Crippen LogP contribution in [0, 0.1) is 5.92 Å². The zero-order valence-corrected chi connectivity index (χ0v) is 11.9. The zero-order chi connectivity index (χ0) is 13.5. The highest BCUT2D eigenvalue weighted by Crippen LogP contribution is 2.16. The van der Waals surface area contributed by atoms with Crippen molar-refractivity contribution in [3.63, 3.8) is 0 Å². The van der Waals surface area contributed by atoms with E-state index in [-0.39, 0.29) is 25.3 Å². The highest BCUT2D eigenvalue weighted by atomic mass is 79.9. The Hall–Kier alpha value is -0.920. The molecule has 0 saturated heterocycles. The van der Waals surface area contributed by atoms with E-state index in [1.165, 1.54) is 4.68 Å². The maximum Gasteiger partial charge on any atom is 0.283 e. The summed E-state index contributed by atoms with van der Waals surface area (Å²) in [6.45, 7) is 2.88. The Bertz CT molecular complexity index is 436. The summed E-state index contributed by atoms with van der Waals surface area (Å²) in [5.74, 6) is 0.307. The number of anilines is 1. The van der Waals surface area contributed by atoms with Crippen LogP contribution in [0.1, 0.15) is 13.3 Å². The predicted molar refractivity (Wildman–Crippen MR) is 72.6 cm³/mol. The maximum atomic E-state index is 11.8. The van der Waals surface area contributed by atoms with Gasteiger partial charge in [-0.25, -0.2) is 4.68 Å². The molecule has 0 bridgehead atoms. The van der Waals surface area contributed by atoms with Gasteiger partial charge in [0.1, 0.15) is 4.47 Å². The number of nitrogens with zero attached hydrogens (tertiary/aromatic N) is 2. The van der Waals surface area contributed by atoms with Crippen molar-refractivity contribution < 1.29 is 10.2 Å². The molecule has 1 unspecified atom stereocenters. The van der Waals surface area contributed by atoms with Gasteiger partial charge in [-0.3, -0.25) is 4.79 Å². The maximum absolute atomic E-state index is 11.8. The van der Waals surface area contributed by atoms with Crippen LogP contribution in [0.2, 0.25) is 0 Å². The van der Waals surface area contributed by atoms with Crippen molar-refractivity contribution in [2.75, 3.05) is 25.1 Å². The van der Waals surface area contributed by atoms with E-state index in [1.807, 2.05) is 6.92 Å². The van der Waals surface area contributed by atoms with Crippen LogP contribution < -0.4 is 10.9 Å². The molecule has 0 spiro atoms. The minimum absolute atomic E-state index is 0.125. The van der Waals surface area contributed by atoms with Crippen molar-refractivity contribution in [1.29, 1.82) is 0 Å². The van der Waals surface area contributed by atoms with Gasteiger partial charge in [0.15, 0.2) is 0 Å². The SMILES string of the molecule is CC(CCO)CNc1cnn(CCO)c(=O)c1Br. The van der Waals surface area contributed by atoms with Gasteiger partial charge in [-0.1, -0.05) is 6.92 Å². The molecular weight excluding hydrogens is 302 g/mol. The minimum Gasteiger partial charge on any atom is -0.396 e. The van der Waals surface area contributed by atoms with Crippen LogP contribution in [0.25, 0.3) is 0 Å². The summed E-state index contributed by atoms with van der Waals surface area (Å²) in [5, 5.41) is 24.7. The lowest BCUT2D eigenvalue weighted by Crippen LogP contribution is -2.26. The molecule has 0 aliphatic carbocycles. The van der Waals surface area contributed by atoms with Crippen molar-refractivity contribution >= 4 is 21.6 Å². The summed E-state index contributed by atoms with van der Waals surface area (Å²) in [5.41, 5.74) is 0.350. The summed E-state index contributed by atoms with van der Waals surface area (Å²) in [7, 11) is 0. The summed E-state index contributed by atoms with van der Waals surface area (Å²) < 4.78 is 1.61. The smallest absolute Gasteiger partial charge is 0.283 e. The van der Waals surface area contributed by atoms with Crippen LogP contribution in [0.4, 0.5) is 5.69 Å². The fraction of sp³-hybridized carbons (Fsp3) is 0.636. The minimum atomic E-state index is -0.274. The molecule has 1 rings (SSSR count). The summed E-state index contributed by atoms with van der Waals surface area (Å²) in [4.78, 5) is 11.8. The first-order chi connectivity index (χ1) is 8.60. The molecule has 0 aromatic carbocycles. The third-order valence-electron chi connectivity index (χ3n) is 2.56. The van der Waals surface area contributed by atoms with Crippen LogP contribution in [-0.4, -0.2) is 39.8 Å². The van der Waals surface area contributed by atoms with E-state index < -0.39 is 0 Å². The van der Waals surface area contributed by atoms with Crippen molar-refractivity contribution in [2.24, 2.45) is 5.92 Å². The van der Waals surface area contributed by atoms with E-state index in [1.54, 1.807) is 6.20 Å². The number of halogens is 1. The number of hydrogen-bond acceptors (Lipinski definition) is 5. The Balaban J connectivity index is 2.73. The Morgan fingerprint density at radius 1 is 1.50 bits per heavy atom. The Kier molecular flexibility index (Phi) is 6.31. The van der Waals surface area contributed by atoms with Gasteiger partial charge in [0.2, 0.25) is 0 Å². The van der Waals surface area contributed by atoms with Gasteiger partial charge >= 0.3 is 0 Å². The predicted octanol–water partition coefficient (Wildman–Crippen LogP) is 0.428. The first-order valence-electron chi connectivity index (χ1n) is 5.81. The van der Waals surface area contributed by atoms with Gasteiger partial charge in [-0.05, 0) is 28.3 Å². The average molecular weight is 320 g/mol. The molecule has 0 amide bonds. The molecule has 0 aliphatic rings. The standard InChI is InChI=1S/C11H18BrN3O3/c1-8(2-4-16)6-13-9-7-14-15(3-5-17)11(18)10(9)12/h7-8,13,16-17H,2-6H2,1H3. The molecule has 18 heavy (non-hydrogen) atoms. The zero-order valence-electron chi connectivity index (χ0n) is 10.3. The monoisotopic (exact) mass is 319 g/mol. The van der Waals surface area contributed by atoms with Gasteiger partial charge in [-0.15, -0.1) is 0 Å². The molecule has 6 nitrogen and oxygen atoms in total. The van der Waals surface area contributed by atoms with Crippen molar-refractivity contribution in [3.8, 4) is 0 Å². The number of nitrogens with one attached hydrogen (secondary N) is 1. The van der Waals surface area contributed by atoms with E-state index in [9.17, 15) is 4.79 Å². The number of aromatic nitrogens is 2. The van der Waals surface area contributed by atoms with E-state index >= 15 is 0 Å². The van der Waals surface area contributed by atoms with Gasteiger partial charge in [0.25, 0.3) is 5.56 Å². The summed E-state index contributed by atoms with van der Waals surface area (Å²) in [6, 6.07) is 0. The summed E-state index contributed by atoms with van der Waals surface area (Å²) in [6.07, 6.45) is 2.26. The molecule has 0 saturated carbocycles. The quantitative estimate of drug-likeness (QED) is 0.678. The van der Waals surface area contributed by atoms with Crippen LogP contribution in [0.15, 0.2) is 15.5 Å². The second-order valence-electron chi connectivity index (χ2n) is 4.12. The van der Waals surface area contributed by atoms with Gasteiger partial charge in [0, 0.05) is 13.2 Å². The van der Waals surface area contributed by atoms with E-state index in [4.69, 9.17) is 10.2 Å². The third-order valence-corrected chi connectivity index (χ3v) is 3.33. The molecule has 1 aromatic heterocycles. The lowest BCUT2D eigenvalue weighted by Gasteiger charge is -2.13. The van der Waals surface area contributed by atoms with Crippen LogP contribution in [0.5, 0.6) is 0 Å². The molecule has 7 heteroatoms. The number of aliphatic hydroxyl groups is 2. The molecule has 0 radical (unpaired) electrons. The lowest BCUT2D eigenvalue weighted by atomic mass is 10.1. The highest BCUT2D eigenvalue weighted by molar-refractivity contribution is 9.10. The van der Waals surface area contributed by atoms with Crippen molar-refractivity contribution in [1.82, 2.24) is 9.78 Å². The molecular formula is C11H18BrN3O3. The van der Waals surface area contributed by atoms with Gasteiger partial charge < -0.3 is 15.5 Å². The Morgan fingerprint density at radius 3 is 2.83 bits per heavy atom. The fourth-order valence-corrected chi connectivity index (χ4v) is 1.90. The molecule has 0 fully saturated rings. The van der Waals surface area contributed by atoms with Crippen LogP contribution in [0.3, 0.4) is 0 Å². The first kappa shape index (κ1) is 15.1. The van der Waals surface area contributed by atoms with Crippen molar-refractivity contribution in [2.45, 2.75) is 19.9 Å². The second-order valence-corrected chi connectivity index (χ2v) is 4.92. The fourth-order valence-electron chi connectivity index (χ4n) is 1.45. The van der Waals surface area contributed by atoms with E-state index in [0.717, 1.165) is 0 Å². The first-order valence-corrected chi connectivity index (χ1v) is 6.60. The van der Waals surface area contributed by atoms with Crippen molar-refractivity contribution in [3.05, 3.63) is 21.0 Å². The number of aliphatic hydroxyl groups excluding tert-OH is 2. The van der Waals surface area contributed by atoms with E-state index in [0.29, 0.717) is 29.0 Å². The van der Waals surface area contributed by atoms with Gasteiger partial charge in [-0.2, -0.15) is 5.10 Å². The normalized spacial score (nSPS) is 12.4. The van der Waals surface area contributed by atoms with Crippen LogP contribution >= 0.6 is 15.9 Å². The van der Waals surface area contributed by atoms with Gasteiger partial charge in [0.05, 0.1) is 25.0 Å². The topological polar surface area (TPSA) is 87.4 Å². The Morgan fingerprint density at radius 2 is 2.22 bits per heavy atom.